The van der Waals surface area contributed by atoms with Gasteiger partial charge in [0.15, 0.2) is 6.19 Å². The van der Waals surface area contributed by atoms with E-state index in [-0.39, 0.29) is 0 Å². The summed E-state index contributed by atoms with van der Waals surface area (Å²) in [6.07, 6.45) is 4.43. The minimum Gasteiger partial charge on any atom is -0.311 e. The molecule has 1 aliphatic rings. The zero-order valence-corrected chi connectivity index (χ0v) is 8.19. The smallest absolute Gasteiger partial charge is 0.179 e. The molecule has 1 heterocycles. The molecule has 2 nitrogen and oxygen atoms in total. The van der Waals surface area contributed by atoms with Crippen molar-refractivity contribution in [1.29, 1.82) is 5.26 Å². The van der Waals surface area contributed by atoms with Crippen LogP contribution < -0.4 is 0 Å². The van der Waals surface area contributed by atoms with Crippen LogP contribution in [0.4, 0.5) is 0 Å². The van der Waals surface area contributed by atoms with Crippen LogP contribution in [-0.4, -0.2) is 18.0 Å². The van der Waals surface area contributed by atoms with Crippen LogP contribution in [-0.2, 0) is 0 Å². The largest absolute Gasteiger partial charge is 0.311 e. The van der Waals surface area contributed by atoms with Crippen molar-refractivity contribution in [2.24, 2.45) is 0 Å². The molecule has 0 amide bonds. The molecule has 0 radical (unpaired) electrons. The van der Waals surface area contributed by atoms with Gasteiger partial charge in [-0.3, -0.25) is 0 Å². The molecule has 1 aliphatic heterocycles. The summed E-state index contributed by atoms with van der Waals surface area (Å²) in [5, 5.41) is 8.72. The minimum absolute atomic E-state index is 0.654. The lowest BCUT2D eigenvalue weighted by Crippen LogP contribution is -2.28. The first-order valence-corrected chi connectivity index (χ1v) is 5.10. The SMILES string of the molecule is N#CN1CCC(c2ccccc2)CC1. The molecular formula is C12H14N2. The van der Waals surface area contributed by atoms with E-state index in [9.17, 15) is 0 Å². The quantitative estimate of drug-likeness (QED) is 0.629. The van der Waals surface area contributed by atoms with E-state index in [1.54, 1.807) is 0 Å². The number of benzene rings is 1. The lowest BCUT2D eigenvalue weighted by Gasteiger charge is -2.28. The summed E-state index contributed by atoms with van der Waals surface area (Å²) in [4.78, 5) is 1.85. The van der Waals surface area contributed by atoms with E-state index in [2.05, 4.69) is 30.5 Å². The van der Waals surface area contributed by atoms with Gasteiger partial charge in [0.2, 0.25) is 0 Å². The predicted octanol–water partition coefficient (Wildman–Crippen LogP) is 2.35. The second-order valence-electron chi connectivity index (χ2n) is 3.77. The van der Waals surface area contributed by atoms with Gasteiger partial charge in [-0.25, -0.2) is 0 Å². The summed E-state index contributed by atoms with van der Waals surface area (Å²) in [7, 11) is 0. The Bertz CT molecular complexity index is 318. The van der Waals surface area contributed by atoms with Crippen molar-refractivity contribution < 1.29 is 0 Å². The molecule has 0 aromatic heterocycles. The van der Waals surface area contributed by atoms with Gasteiger partial charge in [-0.05, 0) is 24.3 Å². The molecule has 72 valence electrons. The van der Waals surface area contributed by atoms with Crippen LogP contribution in [0.5, 0.6) is 0 Å². The van der Waals surface area contributed by atoms with Crippen LogP contribution in [0.15, 0.2) is 30.3 Å². The fourth-order valence-electron chi connectivity index (χ4n) is 2.04. The normalized spacial score (nSPS) is 17.8. The van der Waals surface area contributed by atoms with Gasteiger partial charge in [-0.1, -0.05) is 30.3 Å². The molecule has 0 N–H and O–H groups in total. The van der Waals surface area contributed by atoms with Crippen molar-refractivity contribution in [2.75, 3.05) is 13.1 Å². The molecule has 0 spiro atoms. The fourth-order valence-corrected chi connectivity index (χ4v) is 2.04. The highest BCUT2D eigenvalue weighted by atomic mass is 15.1. The molecule has 0 unspecified atom stereocenters. The van der Waals surface area contributed by atoms with Crippen LogP contribution >= 0.6 is 0 Å². The highest BCUT2D eigenvalue weighted by molar-refractivity contribution is 5.20. The lowest BCUT2D eigenvalue weighted by atomic mass is 9.90. The monoisotopic (exact) mass is 186 g/mol. The molecule has 2 heteroatoms. The molecule has 0 saturated carbocycles. The number of nitriles is 1. The Labute approximate surface area is 84.8 Å². The maximum absolute atomic E-state index is 8.72. The molecule has 2 rings (SSSR count). The summed E-state index contributed by atoms with van der Waals surface area (Å²) in [6.45, 7) is 1.83. The summed E-state index contributed by atoms with van der Waals surface area (Å²) >= 11 is 0. The van der Waals surface area contributed by atoms with E-state index in [1.165, 1.54) is 5.56 Å². The van der Waals surface area contributed by atoms with Gasteiger partial charge in [0.05, 0.1) is 0 Å². The molecule has 1 saturated heterocycles. The Morgan fingerprint density at radius 2 is 1.79 bits per heavy atom. The Hall–Kier alpha value is -1.49. The van der Waals surface area contributed by atoms with Crippen LogP contribution in [0.2, 0.25) is 0 Å². The molecule has 0 atom stereocenters. The van der Waals surface area contributed by atoms with Crippen LogP contribution in [0, 0.1) is 11.5 Å². The van der Waals surface area contributed by atoms with Gasteiger partial charge in [0.25, 0.3) is 0 Å². The summed E-state index contributed by atoms with van der Waals surface area (Å²) in [5.41, 5.74) is 1.42. The van der Waals surface area contributed by atoms with Crippen molar-refractivity contribution in [3.05, 3.63) is 35.9 Å². The Morgan fingerprint density at radius 3 is 2.36 bits per heavy atom. The van der Waals surface area contributed by atoms with Crippen molar-refractivity contribution in [3.63, 3.8) is 0 Å². The van der Waals surface area contributed by atoms with E-state index >= 15 is 0 Å². The van der Waals surface area contributed by atoms with Gasteiger partial charge in [-0.15, -0.1) is 0 Å². The maximum atomic E-state index is 8.72. The third-order valence-corrected chi connectivity index (χ3v) is 2.91. The average molecular weight is 186 g/mol. The Balaban J connectivity index is 2.00. The summed E-state index contributed by atoms with van der Waals surface area (Å²) in [5.74, 6) is 0.654. The van der Waals surface area contributed by atoms with Gasteiger partial charge in [0, 0.05) is 13.1 Å². The molecule has 0 bridgehead atoms. The number of rotatable bonds is 1. The summed E-state index contributed by atoms with van der Waals surface area (Å²) in [6, 6.07) is 10.6. The highest BCUT2D eigenvalue weighted by Crippen LogP contribution is 2.27. The van der Waals surface area contributed by atoms with Crippen molar-refractivity contribution >= 4 is 0 Å². The van der Waals surface area contributed by atoms with Crippen molar-refractivity contribution in [1.82, 2.24) is 4.90 Å². The van der Waals surface area contributed by atoms with Crippen LogP contribution in [0.3, 0.4) is 0 Å². The Kier molecular flexibility index (Phi) is 2.69. The van der Waals surface area contributed by atoms with Gasteiger partial charge >= 0.3 is 0 Å². The second-order valence-corrected chi connectivity index (χ2v) is 3.77. The average Bonchev–Trinajstić information content (AvgIpc) is 2.30. The molecule has 1 aromatic carbocycles. The summed E-state index contributed by atoms with van der Waals surface area (Å²) < 4.78 is 0. The van der Waals surface area contributed by atoms with Crippen LogP contribution in [0.1, 0.15) is 24.3 Å². The lowest BCUT2D eigenvalue weighted by molar-refractivity contribution is 0.295. The van der Waals surface area contributed by atoms with E-state index in [4.69, 9.17) is 5.26 Å². The van der Waals surface area contributed by atoms with Crippen molar-refractivity contribution in [2.45, 2.75) is 18.8 Å². The third-order valence-electron chi connectivity index (χ3n) is 2.91. The highest BCUT2D eigenvalue weighted by Gasteiger charge is 2.18. The molecular weight excluding hydrogens is 172 g/mol. The number of hydrogen-bond acceptors (Lipinski definition) is 2. The molecule has 14 heavy (non-hydrogen) atoms. The van der Waals surface area contributed by atoms with Crippen molar-refractivity contribution in [3.8, 4) is 6.19 Å². The van der Waals surface area contributed by atoms with E-state index < -0.39 is 0 Å². The number of hydrogen-bond donors (Lipinski definition) is 0. The minimum atomic E-state index is 0.654. The maximum Gasteiger partial charge on any atom is 0.179 e. The zero-order valence-electron chi connectivity index (χ0n) is 8.19. The van der Waals surface area contributed by atoms with Gasteiger partial charge in [0.1, 0.15) is 0 Å². The molecule has 1 aromatic rings. The van der Waals surface area contributed by atoms with Crippen LogP contribution in [0.25, 0.3) is 0 Å². The number of piperidine rings is 1. The first kappa shape index (κ1) is 9.08. The first-order valence-electron chi connectivity index (χ1n) is 5.10. The van der Waals surface area contributed by atoms with E-state index in [1.807, 2.05) is 11.0 Å². The van der Waals surface area contributed by atoms with E-state index in [0.717, 1.165) is 25.9 Å². The predicted molar refractivity (Wildman–Crippen MR) is 55.6 cm³/mol. The van der Waals surface area contributed by atoms with Gasteiger partial charge in [-0.2, -0.15) is 5.26 Å². The second kappa shape index (κ2) is 4.15. The topological polar surface area (TPSA) is 27.0 Å². The fraction of sp³-hybridized carbons (Fsp3) is 0.417. The van der Waals surface area contributed by atoms with Gasteiger partial charge < -0.3 is 4.90 Å². The first-order chi connectivity index (χ1) is 6.90. The Morgan fingerprint density at radius 1 is 1.14 bits per heavy atom. The van der Waals surface area contributed by atoms with E-state index in [0.29, 0.717) is 5.92 Å². The standard InChI is InChI=1S/C12H14N2/c13-10-14-8-6-12(7-9-14)11-4-2-1-3-5-11/h1-5,12H,6-9H2. The molecule has 1 fully saturated rings. The molecule has 0 aliphatic carbocycles. The third kappa shape index (κ3) is 1.88. The zero-order chi connectivity index (χ0) is 9.80. The number of nitrogens with zero attached hydrogens (tertiary/aromatic N) is 2. The number of likely N-dealkylation sites (tertiary alicyclic amines) is 1.